The molecule has 2 aromatic heterocycles. The summed E-state index contributed by atoms with van der Waals surface area (Å²) in [5, 5.41) is 10.4. The van der Waals surface area contributed by atoms with Crippen molar-refractivity contribution in [3.8, 4) is 5.75 Å². The van der Waals surface area contributed by atoms with Gasteiger partial charge in [0.1, 0.15) is 17.2 Å². The van der Waals surface area contributed by atoms with Crippen LogP contribution < -0.4 is 10.5 Å². The number of carbonyl (C=O) groups is 1. The number of aliphatic hydroxyl groups excluding tert-OH is 1. The van der Waals surface area contributed by atoms with Crippen molar-refractivity contribution in [3.63, 3.8) is 0 Å². The van der Waals surface area contributed by atoms with Crippen LogP contribution in [-0.4, -0.2) is 51.9 Å². The average molecular weight is 507 g/mol. The molecule has 0 spiro atoms. The maximum Gasteiger partial charge on any atom is 0.573 e. The van der Waals surface area contributed by atoms with Gasteiger partial charge in [0.25, 0.3) is 5.91 Å². The van der Waals surface area contributed by atoms with Crippen LogP contribution in [0.2, 0.25) is 0 Å². The van der Waals surface area contributed by atoms with Crippen molar-refractivity contribution in [1.82, 2.24) is 14.9 Å². The zero-order valence-electron chi connectivity index (χ0n) is 19.4. The van der Waals surface area contributed by atoms with Gasteiger partial charge < -0.3 is 25.5 Å². The van der Waals surface area contributed by atoms with Gasteiger partial charge >= 0.3 is 6.36 Å². The molecular weight excluding hydrogens is 480 g/mol. The number of H-pyrrole nitrogens is 1. The third-order valence-corrected chi connectivity index (χ3v) is 7.24. The van der Waals surface area contributed by atoms with Crippen LogP contribution in [0.15, 0.2) is 24.4 Å². The van der Waals surface area contributed by atoms with Gasteiger partial charge in [-0.05, 0) is 61.6 Å². The zero-order chi connectivity index (χ0) is 25.6. The second-order valence-corrected chi connectivity index (χ2v) is 9.48. The van der Waals surface area contributed by atoms with Crippen molar-refractivity contribution in [2.24, 2.45) is 5.92 Å². The number of anilines is 1. The van der Waals surface area contributed by atoms with E-state index in [0.29, 0.717) is 43.6 Å². The second-order valence-electron chi connectivity index (χ2n) is 9.48. The molecule has 1 unspecified atom stereocenters. The molecule has 0 radical (unpaired) electrons. The number of aryl methyl sites for hydroxylation is 1. The summed E-state index contributed by atoms with van der Waals surface area (Å²) in [6.45, 7) is 0.773. The molecule has 0 bridgehead atoms. The van der Waals surface area contributed by atoms with E-state index in [4.69, 9.17) is 5.73 Å². The SMILES string of the molecule is Nc1cc(OC(F)(F)F)ccc1C(=O)N1CCC(c2c(F)cnc3[nH]c4c(c23)CC(CO)CC4)CC1. The fraction of sp³-hybridized carbons (Fsp3) is 0.440. The molecule has 3 aromatic rings. The van der Waals surface area contributed by atoms with E-state index in [9.17, 15) is 23.1 Å². The molecule has 1 aliphatic heterocycles. The van der Waals surface area contributed by atoms with Gasteiger partial charge in [-0.1, -0.05) is 0 Å². The van der Waals surface area contributed by atoms with Crippen LogP contribution in [0.4, 0.5) is 23.2 Å². The van der Waals surface area contributed by atoms with Gasteiger partial charge in [0, 0.05) is 48.1 Å². The molecule has 1 aromatic carbocycles. The Hall–Kier alpha value is -3.34. The van der Waals surface area contributed by atoms with E-state index in [1.54, 1.807) is 4.90 Å². The topological polar surface area (TPSA) is 104 Å². The van der Waals surface area contributed by atoms with Gasteiger partial charge in [0.2, 0.25) is 0 Å². The molecule has 11 heteroatoms. The van der Waals surface area contributed by atoms with Crippen LogP contribution in [0.5, 0.6) is 5.75 Å². The third-order valence-electron chi connectivity index (χ3n) is 7.24. The predicted octanol–water partition coefficient (Wildman–Crippen LogP) is 4.30. The van der Waals surface area contributed by atoms with Crippen molar-refractivity contribution >= 4 is 22.6 Å². The number of halogens is 4. The lowest BCUT2D eigenvalue weighted by Crippen LogP contribution is -2.38. The number of piperidine rings is 1. The van der Waals surface area contributed by atoms with Gasteiger partial charge in [0.05, 0.1) is 11.8 Å². The highest BCUT2D eigenvalue weighted by molar-refractivity contribution is 5.99. The summed E-state index contributed by atoms with van der Waals surface area (Å²) in [5.74, 6) is -1.27. The fourth-order valence-electron chi connectivity index (χ4n) is 5.48. The number of rotatable bonds is 4. The first-order chi connectivity index (χ1) is 17.1. The van der Waals surface area contributed by atoms with Crippen LogP contribution in [0.25, 0.3) is 11.0 Å². The minimum atomic E-state index is -4.86. The molecule has 5 rings (SSSR count). The number of aromatic nitrogens is 2. The number of hydrogen-bond acceptors (Lipinski definition) is 5. The summed E-state index contributed by atoms with van der Waals surface area (Å²) >= 11 is 0. The number of amides is 1. The molecule has 3 heterocycles. The Balaban J connectivity index is 1.35. The minimum absolute atomic E-state index is 0.0805. The Bertz CT molecular complexity index is 1300. The Morgan fingerprint density at radius 2 is 2.00 bits per heavy atom. The summed E-state index contributed by atoms with van der Waals surface area (Å²) in [6.07, 6.45) is -0.299. The molecule has 4 N–H and O–H groups in total. The molecule has 2 aliphatic rings. The summed E-state index contributed by atoms with van der Waals surface area (Å²) in [6, 6.07) is 3.26. The molecule has 192 valence electrons. The number of likely N-dealkylation sites (tertiary alicyclic amines) is 1. The minimum Gasteiger partial charge on any atom is -0.406 e. The summed E-state index contributed by atoms with van der Waals surface area (Å²) in [4.78, 5) is 22.2. The number of hydrogen-bond donors (Lipinski definition) is 3. The van der Waals surface area contributed by atoms with E-state index in [-0.39, 0.29) is 35.5 Å². The quantitative estimate of drug-likeness (QED) is 0.362. The lowest BCUT2D eigenvalue weighted by atomic mass is 9.82. The Morgan fingerprint density at radius 3 is 2.67 bits per heavy atom. The van der Waals surface area contributed by atoms with E-state index < -0.39 is 18.0 Å². The van der Waals surface area contributed by atoms with E-state index in [2.05, 4.69) is 14.7 Å². The number of nitrogens with one attached hydrogen (secondary N) is 1. The first kappa shape index (κ1) is 24.4. The maximum atomic E-state index is 15.1. The standard InChI is InChI=1S/C25H26F4N4O3/c26-18-11-31-23-22(17-9-13(12-34)1-4-20(17)32-23)21(18)14-5-7-33(8-6-14)24(35)16-3-2-15(10-19(16)30)36-25(27,28)29/h2-3,10-11,13-14,34H,1,4-9,12,30H2,(H,31,32). The van der Waals surface area contributed by atoms with Crippen molar-refractivity contribution < 1.29 is 32.2 Å². The number of fused-ring (bicyclic) bond motifs is 3. The number of aliphatic hydroxyl groups is 1. The number of carbonyl (C=O) groups excluding carboxylic acids is 1. The first-order valence-electron chi connectivity index (χ1n) is 11.9. The largest absolute Gasteiger partial charge is 0.573 e. The van der Waals surface area contributed by atoms with E-state index in [1.165, 1.54) is 12.3 Å². The van der Waals surface area contributed by atoms with Crippen LogP contribution in [-0.2, 0) is 12.8 Å². The van der Waals surface area contributed by atoms with Crippen LogP contribution >= 0.6 is 0 Å². The Labute approximate surface area is 204 Å². The van der Waals surface area contributed by atoms with E-state index >= 15 is 4.39 Å². The number of ether oxygens (including phenoxy) is 1. The number of pyridine rings is 1. The van der Waals surface area contributed by atoms with Crippen molar-refractivity contribution in [2.75, 3.05) is 25.4 Å². The fourth-order valence-corrected chi connectivity index (χ4v) is 5.48. The normalized spacial score (nSPS) is 18.9. The highest BCUT2D eigenvalue weighted by Crippen LogP contribution is 2.40. The monoisotopic (exact) mass is 506 g/mol. The predicted molar refractivity (Wildman–Crippen MR) is 124 cm³/mol. The highest BCUT2D eigenvalue weighted by atomic mass is 19.4. The molecule has 1 aliphatic carbocycles. The first-order valence-corrected chi connectivity index (χ1v) is 11.9. The van der Waals surface area contributed by atoms with Crippen molar-refractivity contribution in [2.45, 2.75) is 44.4 Å². The van der Waals surface area contributed by atoms with Crippen LogP contribution in [0, 0.1) is 11.7 Å². The molecule has 1 fully saturated rings. The van der Waals surface area contributed by atoms with Crippen LogP contribution in [0.1, 0.15) is 52.4 Å². The summed E-state index contributed by atoms with van der Waals surface area (Å²) in [5.41, 5.74) is 9.13. The smallest absolute Gasteiger partial charge is 0.406 e. The molecule has 36 heavy (non-hydrogen) atoms. The van der Waals surface area contributed by atoms with Gasteiger partial charge in [-0.15, -0.1) is 13.2 Å². The second kappa shape index (κ2) is 9.27. The number of nitrogens with two attached hydrogens (primary N) is 1. The molecule has 7 nitrogen and oxygen atoms in total. The van der Waals surface area contributed by atoms with Gasteiger partial charge in [-0.3, -0.25) is 4.79 Å². The number of aromatic amines is 1. The number of alkyl halides is 3. The third kappa shape index (κ3) is 4.59. The zero-order valence-corrected chi connectivity index (χ0v) is 19.4. The Kier molecular flexibility index (Phi) is 6.27. The highest BCUT2D eigenvalue weighted by Gasteiger charge is 2.33. The van der Waals surface area contributed by atoms with Gasteiger partial charge in [-0.25, -0.2) is 9.37 Å². The van der Waals surface area contributed by atoms with Crippen molar-refractivity contribution in [1.29, 1.82) is 0 Å². The molecule has 1 amide bonds. The Morgan fingerprint density at radius 1 is 1.25 bits per heavy atom. The van der Waals surface area contributed by atoms with Crippen LogP contribution in [0.3, 0.4) is 0 Å². The number of benzene rings is 1. The van der Waals surface area contributed by atoms with Crippen molar-refractivity contribution in [3.05, 3.63) is 52.6 Å². The summed E-state index contributed by atoms with van der Waals surface area (Å²) < 4.78 is 56.4. The molecular formula is C25H26F4N4O3. The maximum absolute atomic E-state index is 15.1. The number of nitrogens with zero attached hydrogens (tertiary/aromatic N) is 2. The lowest BCUT2D eigenvalue weighted by Gasteiger charge is -2.33. The van der Waals surface area contributed by atoms with E-state index in [0.717, 1.165) is 41.6 Å². The molecule has 1 atom stereocenters. The van der Waals surface area contributed by atoms with Gasteiger partial charge in [0.15, 0.2) is 0 Å². The van der Waals surface area contributed by atoms with Gasteiger partial charge in [-0.2, -0.15) is 0 Å². The summed E-state index contributed by atoms with van der Waals surface area (Å²) in [7, 11) is 0. The molecule has 0 saturated carbocycles. The lowest BCUT2D eigenvalue weighted by molar-refractivity contribution is -0.274. The van der Waals surface area contributed by atoms with E-state index in [1.807, 2.05) is 0 Å². The molecule has 1 saturated heterocycles. The average Bonchev–Trinajstić information content (AvgIpc) is 3.20. The number of nitrogen functional groups attached to an aromatic ring is 1.